The number of rotatable bonds is 5. The molecule has 1 fully saturated rings. The number of amides is 1. The van der Waals surface area contributed by atoms with Gasteiger partial charge in [-0.25, -0.2) is 14.1 Å². The van der Waals surface area contributed by atoms with E-state index in [2.05, 4.69) is 25.9 Å². The summed E-state index contributed by atoms with van der Waals surface area (Å²) in [7, 11) is 0. The molecule has 3 heterocycles. The lowest BCUT2D eigenvalue weighted by Gasteiger charge is -2.20. The lowest BCUT2D eigenvalue weighted by molar-refractivity contribution is 0.102. The van der Waals surface area contributed by atoms with E-state index < -0.39 is 0 Å². The van der Waals surface area contributed by atoms with Crippen molar-refractivity contribution in [1.82, 2.24) is 25.3 Å². The number of piperidine rings is 1. The molecule has 0 spiro atoms. The Balaban J connectivity index is 1.39. The molecular formula is C18H19FN6OS. The quantitative estimate of drug-likeness (QED) is 0.704. The van der Waals surface area contributed by atoms with Crippen molar-refractivity contribution in [2.24, 2.45) is 0 Å². The van der Waals surface area contributed by atoms with Crippen LogP contribution in [-0.4, -0.2) is 39.0 Å². The van der Waals surface area contributed by atoms with Crippen molar-refractivity contribution in [2.45, 2.75) is 25.3 Å². The minimum Gasteiger partial charge on any atom is -0.317 e. The average Bonchev–Trinajstić information content (AvgIpc) is 3.32. The molecule has 2 aromatic heterocycles. The van der Waals surface area contributed by atoms with Crippen molar-refractivity contribution in [3.05, 3.63) is 58.6 Å². The van der Waals surface area contributed by atoms with Crippen LogP contribution in [0.15, 0.2) is 36.7 Å². The van der Waals surface area contributed by atoms with Crippen molar-refractivity contribution < 1.29 is 9.18 Å². The number of nitrogens with one attached hydrogen (secondary N) is 2. The summed E-state index contributed by atoms with van der Waals surface area (Å²) in [5.41, 5.74) is 0.948. The SMILES string of the molecule is O=C(Nc1ncc(C2CCNCC2)s1)c1cn(Cc2cccc(F)c2)nn1. The van der Waals surface area contributed by atoms with Gasteiger partial charge < -0.3 is 5.32 Å². The average molecular weight is 386 g/mol. The predicted molar refractivity (Wildman–Crippen MR) is 100 cm³/mol. The molecule has 27 heavy (non-hydrogen) atoms. The second-order valence-electron chi connectivity index (χ2n) is 6.48. The normalized spacial score (nSPS) is 15.0. The maximum atomic E-state index is 13.3. The summed E-state index contributed by atoms with van der Waals surface area (Å²) in [6.45, 7) is 2.37. The van der Waals surface area contributed by atoms with Crippen molar-refractivity contribution in [2.75, 3.05) is 18.4 Å². The summed E-state index contributed by atoms with van der Waals surface area (Å²) < 4.78 is 14.8. The molecule has 0 bridgehead atoms. The van der Waals surface area contributed by atoms with Crippen LogP contribution in [0.5, 0.6) is 0 Å². The second kappa shape index (κ2) is 7.93. The number of hydrogen-bond donors (Lipinski definition) is 2. The molecule has 0 radical (unpaired) electrons. The third kappa shape index (κ3) is 4.37. The van der Waals surface area contributed by atoms with Crippen LogP contribution >= 0.6 is 11.3 Å². The predicted octanol–water partition coefficient (Wildman–Crippen LogP) is 2.64. The van der Waals surface area contributed by atoms with Crippen molar-refractivity contribution in [3.8, 4) is 0 Å². The molecule has 0 unspecified atom stereocenters. The Morgan fingerprint density at radius 1 is 1.37 bits per heavy atom. The van der Waals surface area contributed by atoms with Gasteiger partial charge in [-0.3, -0.25) is 10.1 Å². The number of nitrogens with zero attached hydrogens (tertiary/aromatic N) is 4. The maximum Gasteiger partial charge on any atom is 0.279 e. The van der Waals surface area contributed by atoms with E-state index in [-0.39, 0.29) is 17.4 Å². The molecule has 4 rings (SSSR count). The third-order valence-corrected chi connectivity index (χ3v) is 5.57. The van der Waals surface area contributed by atoms with E-state index in [0.29, 0.717) is 17.6 Å². The van der Waals surface area contributed by atoms with E-state index in [9.17, 15) is 9.18 Å². The molecule has 9 heteroatoms. The van der Waals surface area contributed by atoms with Gasteiger partial charge in [0.25, 0.3) is 5.91 Å². The van der Waals surface area contributed by atoms with Gasteiger partial charge in [-0.1, -0.05) is 17.3 Å². The van der Waals surface area contributed by atoms with Crippen LogP contribution in [0, 0.1) is 5.82 Å². The van der Waals surface area contributed by atoms with Crippen molar-refractivity contribution >= 4 is 22.4 Å². The van der Waals surface area contributed by atoms with Crippen LogP contribution in [0.4, 0.5) is 9.52 Å². The molecule has 1 saturated heterocycles. The first kappa shape index (κ1) is 17.7. The first-order valence-electron chi connectivity index (χ1n) is 8.80. The Morgan fingerprint density at radius 3 is 3.04 bits per heavy atom. The van der Waals surface area contributed by atoms with E-state index in [1.807, 2.05) is 6.20 Å². The number of hydrogen-bond acceptors (Lipinski definition) is 6. The number of halogens is 1. The van der Waals surface area contributed by atoms with E-state index in [4.69, 9.17) is 0 Å². The van der Waals surface area contributed by atoms with Gasteiger partial charge in [0.2, 0.25) is 0 Å². The minimum atomic E-state index is -0.355. The highest BCUT2D eigenvalue weighted by Gasteiger charge is 2.19. The number of anilines is 1. The molecule has 0 saturated carbocycles. The number of carbonyl (C=O) groups excluding carboxylic acids is 1. The van der Waals surface area contributed by atoms with Crippen molar-refractivity contribution in [3.63, 3.8) is 0 Å². The second-order valence-corrected chi connectivity index (χ2v) is 7.54. The Morgan fingerprint density at radius 2 is 2.22 bits per heavy atom. The van der Waals surface area contributed by atoms with E-state index in [1.165, 1.54) is 33.0 Å². The number of benzene rings is 1. The molecule has 1 aromatic carbocycles. The maximum absolute atomic E-state index is 13.3. The van der Waals surface area contributed by atoms with Crippen LogP contribution < -0.4 is 10.6 Å². The molecule has 1 amide bonds. The van der Waals surface area contributed by atoms with E-state index in [0.717, 1.165) is 31.5 Å². The molecular weight excluding hydrogens is 367 g/mol. The lowest BCUT2D eigenvalue weighted by Crippen LogP contribution is -2.26. The molecule has 3 aromatic rings. The van der Waals surface area contributed by atoms with Crippen LogP contribution in [0.2, 0.25) is 0 Å². The zero-order valence-electron chi connectivity index (χ0n) is 14.6. The molecule has 1 aliphatic heterocycles. The summed E-state index contributed by atoms with van der Waals surface area (Å²) in [4.78, 5) is 17.9. The highest BCUT2D eigenvalue weighted by Crippen LogP contribution is 2.31. The van der Waals surface area contributed by atoms with Gasteiger partial charge in [0.15, 0.2) is 10.8 Å². The summed E-state index contributed by atoms with van der Waals surface area (Å²) in [5, 5.41) is 14.5. The zero-order chi connectivity index (χ0) is 18.6. The van der Waals surface area contributed by atoms with Crippen LogP contribution in [0.25, 0.3) is 0 Å². The van der Waals surface area contributed by atoms with Gasteiger partial charge in [-0.05, 0) is 49.5 Å². The summed E-state index contributed by atoms with van der Waals surface area (Å²) in [5.74, 6) is -0.160. The number of thiazole rings is 1. The minimum absolute atomic E-state index is 0.199. The largest absolute Gasteiger partial charge is 0.317 e. The molecule has 0 atom stereocenters. The Kier molecular flexibility index (Phi) is 5.21. The number of aromatic nitrogens is 4. The highest BCUT2D eigenvalue weighted by molar-refractivity contribution is 7.15. The fourth-order valence-corrected chi connectivity index (χ4v) is 4.08. The Bertz CT molecular complexity index is 933. The van der Waals surface area contributed by atoms with Crippen LogP contribution in [0.3, 0.4) is 0 Å². The summed E-state index contributed by atoms with van der Waals surface area (Å²) >= 11 is 1.51. The van der Waals surface area contributed by atoms with Crippen LogP contribution in [-0.2, 0) is 6.54 Å². The molecule has 1 aliphatic rings. The van der Waals surface area contributed by atoms with Gasteiger partial charge >= 0.3 is 0 Å². The zero-order valence-corrected chi connectivity index (χ0v) is 15.4. The first-order valence-corrected chi connectivity index (χ1v) is 9.61. The van der Waals surface area contributed by atoms with Crippen molar-refractivity contribution in [1.29, 1.82) is 0 Å². The van der Waals surface area contributed by atoms with Gasteiger partial charge in [-0.2, -0.15) is 0 Å². The Labute approximate surface area is 159 Å². The van der Waals surface area contributed by atoms with E-state index in [1.54, 1.807) is 18.3 Å². The highest BCUT2D eigenvalue weighted by atomic mass is 32.1. The monoisotopic (exact) mass is 386 g/mol. The molecule has 7 nitrogen and oxygen atoms in total. The summed E-state index contributed by atoms with van der Waals surface area (Å²) in [6, 6.07) is 6.25. The third-order valence-electron chi connectivity index (χ3n) is 4.49. The standard InChI is InChI=1S/C18H19FN6OS/c19-14-3-1-2-12(8-14)10-25-11-15(23-24-25)17(26)22-18-21-9-16(27-18)13-4-6-20-7-5-13/h1-3,8-9,11,13,20H,4-7,10H2,(H,21,22,26). The van der Waals surface area contributed by atoms with Gasteiger partial charge in [0, 0.05) is 11.1 Å². The number of carbonyl (C=O) groups is 1. The van der Waals surface area contributed by atoms with Crippen LogP contribution in [0.1, 0.15) is 39.7 Å². The van der Waals surface area contributed by atoms with Gasteiger partial charge in [0.1, 0.15) is 5.82 Å². The topological polar surface area (TPSA) is 84.7 Å². The molecule has 0 aliphatic carbocycles. The fraction of sp³-hybridized carbons (Fsp3) is 0.333. The van der Waals surface area contributed by atoms with E-state index >= 15 is 0 Å². The van der Waals surface area contributed by atoms with Gasteiger partial charge in [-0.15, -0.1) is 16.4 Å². The first-order chi connectivity index (χ1) is 13.2. The van der Waals surface area contributed by atoms with Gasteiger partial charge in [0.05, 0.1) is 12.7 Å². The Hall–Kier alpha value is -2.65. The fourth-order valence-electron chi connectivity index (χ4n) is 3.10. The lowest BCUT2D eigenvalue weighted by atomic mass is 9.97. The summed E-state index contributed by atoms with van der Waals surface area (Å²) in [6.07, 6.45) is 5.56. The molecule has 140 valence electrons. The smallest absolute Gasteiger partial charge is 0.279 e. The molecule has 2 N–H and O–H groups in total.